The van der Waals surface area contributed by atoms with E-state index >= 15 is 0 Å². The summed E-state index contributed by atoms with van der Waals surface area (Å²) in [7, 11) is 1.67. The molecular weight excluding hydrogens is 430 g/mol. The molecule has 0 aromatic carbocycles. The van der Waals surface area contributed by atoms with Gasteiger partial charge in [-0.1, -0.05) is 6.07 Å². The van der Waals surface area contributed by atoms with Crippen LogP contribution in [-0.2, 0) is 20.9 Å². The Balaban J connectivity index is 1.61. The second-order valence-corrected chi connectivity index (χ2v) is 8.82. The predicted molar refractivity (Wildman–Crippen MR) is 129 cm³/mol. The summed E-state index contributed by atoms with van der Waals surface area (Å²) in [5, 5.41) is 12.7. The Labute approximate surface area is 201 Å². The Bertz CT molecular complexity index is 1080. The van der Waals surface area contributed by atoms with Gasteiger partial charge in [-0.2, -0.15) is 5.26 Å². The van der Waals surface area contributed by atoms with Gasteiger partial charge in [0.25, 0.3) is 5.91 Å². The molecule has 3 heterocycles. The first-order valence-electron chi connectivity index (χ1n) is 11.6. The van der Waals surface area contributed by atoms with E-state index in [1.807, 2.05) is 32.0 Å². The summed E-state index contributed by atoms with van der Waals surface area (Å²) in [5.41, 5.74) is 3.96. The van der Waals surface area contributed by atoms with Crippen LogP contribution in [-0.4, -0.2) is 53.1 Å². The normalized spacial score (nSPS) is 15.6. The maximum Gasteiger partial charge on any atom is 0.264 e. The molecule has 1 N–H and O–H groups in total. The number of aromatic nitrogens is 2. The van der Waals surface area contributed by atoms with Crippen LogP contribution >= 0.6 is 0 Å². The van der Waals surface area contributed by atoms with E-state index in [2.05, 4.69) is 27.9 Å². The number of nitriles is 1. The highest BCUT2D eigenvalue weighted by molar-refractivity contribution is 6.02. The smallest absolute Gasteiger partial charge is 0.264 e. The van der Waals surface area contributed by atoms with Crippen molar-refractivity contribution in [2.45, 2.75) is 46.2 Å². The molecule has 0 radical (unpaired) electrons. The van der Waals surface area contributed by atoms with Crippen molar-refractivity contribution in [2.75, 3.05) is 26.8 Å². The molecule has 0 bridgehead atoms. The first kappa shape index (κ1) is 25.2. The molecule has 1 aliphatic heterocycles. The Morgan fingerprint density at radius 2 is 2.09 bits per heavy atom. The minimum absolute atomic E-state index is 0.00961. The molecule has 2 amide bonds. The molecule has 2 aromatic heterocycles. The highest BCUT2D eigenvalue weighted by Crippen LogP contribution is 2.24. The fraction of sp³-hybridized carbons (Fsp3) is 0.462. The van der Waals surface area contributed by atoms with Gasteiger partial charge in [-0.3, -0.25) is 14.6 Å². The number of carbonyl (C=O) groups is 2. The van der Waals surface area contributed by atoms with Crippen molar-refractivity contribution in [1.29, 1.82) is 5.26 Å². The number of aryl methyl sites for hydroxylation is 1. The van der Waals surface area contributed by atoms with Crippen molar-refractivity contribution in [2.24, 2.45) is 5.92 Å². The number of hydrogen-bond acceptors (Lipinski definition) is 5. The topological polar surface area (TPSA) is 100 Å². The molecule has 8 nitrogen and oxygen atoms in total. The van der Waals surface area contributed by atoms with Crippen molar-refractivity contribution < 1.29 is 14.3 Å². The highest BCUT2D eigenvalue weighted by atomic mass is 16.5. The minimum atomic E-state index is -0.286. The van der Waals surface area contributed by atoms with Crippen LogP contribution in [0.4, 0.5) is 0 Å². The predicted octanol–water partition coefficient (Wildman–Crippen LogP) is 3.17. The third kappa shape index (κ3) is 5.91. The summed E-state index contributed by atoms with van der Waals surface area (Å²) in [4.78, 5) is 31.3. The summed E-state index contributed by atoms with van der Waals surface area (Å²) in [6, 6.07) is 7.98. The Morgan fingerprint density at radius 3 is 2.71 bits per heavy atom. The molecule has 2 aromatic rings. The van der Waals surface area contributed by atoms with Crippen LogP contribution < -0.4 is 5.32 Å². The Morgan fingerprint density at radius 1 is 1.35 bits per heavy atom. The van der Waals surface area contributed by atoms with E-state index in [1.54, 1.807) is 30.5 Å². The second kappa shape index (κ2) is 11.6. The van der Waals surface area contributed by atoms with Gasteiger partial charge in [0.05, 0.1) is 12.6 Å². The van der Waals surface area contributed by atoms with Crippen LogP contribution in [0.1, 0.15) is 48.3 Å². The lowest BCUT2D eigenvalue weighted by atomic mass is 9.95. The summed E-state index contributed by atoms with van der Waals surface area (Å²) in [6.45, 7) is 7.99. The van der Waals surface area contributed by atoms with Crippen molar-refractivity contribution in [1.82, 2.24) is 19.8 Å². The van der Waals surface area contributed by atoms with E-state index in [0.717, 1.165) is 22.5 Å². The molecular formula is C26H33N5O3. The lowest BCUT2D eigenvalue weighted by Crippen LogP contribution is -2.43. The number of likely N-dealkylation sites (tertiary alicyclic amines) is 1. The summed E-state index contributed by atoms with van der Waals surface area (Å²) in [6.07, 6.45) is 6.25. The lowest BCUT2D eigenvalue weighted by molar-refractivity contribution is -0.132. The quantitative estimate of drug-likeness (QED) is 0.479. The lowest BCUT2D eigenvalue weighted by Gasteiger charge is -2.31. The summed E-state index contributed by atoms with van der Waals surface area (Å²) in [5.74, 6) is -0.437. The molecule has 1 fully saturated rings. The maximum absolute atomic E-state index is 13.1. The van der Waals surface area contributed by atoms with E-state index in [9.17, 15) is 14.9 Å². The van der Waals surface area contributed by atoms with Crippen LogP contribution in [0.25, 0.3) is 6.08 Å². The molecule has 0 aliphatic carbocycles. The molecule has 180 valence electrons. The second-order valence-electron chi connectivity index (χ2n) is 8.82. The number of hydrogen-bond donors (Lipinski definition) is 1. The molecule has 0 saturated carbocycles. The molecule has 3 rings (SSSR count). The number of nitrogens with one attached hydrogen (secondary N) is 1. The first-order valence-corrected chi connectivity index (χ1v) is 11.6. The molecule has 1 saturated heterocycles. The number of nitrogens with zero attached hydrogens (tertiary/aromatic N) is 4. The fourth-order valence-corrected chi connectivity index (χ4v) is 4.59. The van der Waals surface area contributed by atoms with Gasteiger partial charge >= 0.3 is 0 Å². The number of amides is 2. The number of pyridine rings is 1. The van der Waals surface area contributed by atoms with Crippen molar-refractivity contribution in [3.8, 4) is 6.07 Å². The largest absolute Gasteiger partial charge is 0.383 e. The Hall–Kier alpha value is -3.44. The van der Waals surface area contributed by atoms with Gasteiger partial charge in [0.15, 0.2) is 0 Å². The average Bonchev–Trinajstić information content (AvgIpc) is 3.13. The van der Waals surface area contributed by atoms with Gasteiger partial charge in [-0.05, 0) is 62.9 Å². The van der Waals surface area contributed by atoms with Gasteiger partial charge in [0.1, 0.15) is 11.6 Å². The number of methoxy groups -OCH3 is 1. The van der Waals surface area contributed by atoms with Crippen molar-refractivity contribution in [3.05, 3.63) is 58.7 Å². The van der Waals surface area contributed by atoms with Crippen LogP contribution in [0.3, 0.4) is 0 Å². The zero-order valence-corrected chi connectivity index (χ0v) is 20.4. The number of piperidine rings is 1. The van der Waals surface area contributed by atoms with Crippen molar-refractivity contribution in [3.63, 3.8) is 0 Å². The molecule has 1 aliphatic rings. The summed E-state index contributed by atoms with van der Waals surface area (Å²) >= 11 is 0. The zero-order valence-electron chi connectivity index (χ0n) is 20.4. The van der Waals surface area contributed by atoms with Gasteiger partial charge in [-0.15, -0.1) is 0 Å². The van der Waals surface area contributed by atoms with Gasteiger partial charge in [-0.25, -0.2) is 0 Å². The zero-order chi connectivity index (χ0) is 24.7. The summed E-state index contributed by atoms with van der Waals surface area (Å²) < 4.78 is 7.44. The minimum Gasteiger partial charge on any atom is -0.383 e. The molecule has 34 heavy (non-hydrogen) atoms. The highest BCUT2D eigenvalue weighted by Gasteiger charge is 2.29. The molecule has 8 heteroatoms. The molecule has 1 unspecified atom stereocenters. The monoisotopic (exact) mass is 463 g/mol. The third-order valence-corrected chi connectivity index (χ3v) is 6.37. The molecule has 1 atom stereocenters. The van der Waals surface area contributed by atoms with Crippen LogP contribution in [0, 0.1) is 31.1 Å². The van der Waals surface area contributed by atoms with E-state index in [1.165, 1.54) is 0 Å². The number of ether oxygens (including phenoxy) is 1. The first-order chi connectivity index (χ1) is 16.3. The van der Waals surface area contributed by atoms with E-state index in [4.69, 9.17) is 4.74 Å². The maximum atomic E-state index is 13.1. The third-order valence-electron chi connectivity index (χ3n) is 6.37. The van der Waals surface area contributed by atoms with Crippen LogP contribution in [0.5, 0.6) is 0 Å². The van der Waals surface area contributed by atoms with Crippen LogP contribution in [0.15, 0.2) is 36.2 Å². The molecule has 0 spiro atoms. The number of carbonyl (C=O) groups excluding carboxylic acids is 2. The SMILES string of the molecule is COCC(C)n1c(C)cc(/C=C(/C#N)C(=O)N2CCC(C(=O)NCc3cccnc3)CC2)c1C. The van der Waals surface area contributed by atoms with Crippen LogP contribution in [0.2, 0.25) is 0 Å². The van der Waals surface area contributed by atoms with E-state index < -0.39 is 0 Å². The van der Waals surface area contributed by atoms with Crippen molar-refractivity contribution >= 4 is 17.9 Å². The van der Waals surface area contributed by atoms with E-state index in [-0.39, 0.29) is 29.3 Å². The van der Waals surface area contributed by atoms with E-state index in [0.29, 0.717) is 39.1 Å². The Kier molecular flexibility index (Phi) is 8.61. The number of rotatable bonds is 8. The average molecular weight is 464 g/mol. The fourth-order valence-electron chi connectivity index (χ4n) is 4.59. The van der Waals surface area contributed by atoms with Gasteiger partial charge < -0.3 is 19.5 Å². The standard InChI is InChI=1S/C26H33N5O3/c1-18-12-23(20(3)31(18)19(2)17-34-4)13-24(14-27)26(33)30-10-7-22(8-11-30)25(32)29-16-21-6-5-9-28-15-21/h5-6,9,12-13,15,19,22H,7-8,10-11,16-17H2,1-4H3,(H,29,32)/b24-13-. The van der Waals surface area contributed by atoms with Gasteiger partial charge in [0, 0.05) is 56.4 Å². The van der Waals surface area contributed by atoms with Gasteiger partial charge in [0.2, 0.25) is 5.91 Å².